The summed E-state index contributed by atoms with van der Waals surface area (Å²) in [6.45, 7) is 4.83. The Kier molecular flexibility index (Phi) is 9.06. The predicted molar refractivity (Wildman–Crippen MR) is 222 cm³/mol. The second-order valence-electron chi connectivity index (χ2n) is 13.9. The average Bonchev–Trinajstić information content (AvgIpc) is 3.63. The molecule has 6 heteroatoms. The third kappa shape index (κ3) is 7.73. The minimum atomic E-state index is -2.11. The van der Waals surface area contributed by atoms with Gasteiger partial charge >= 0.3 is 0 Å². The molecule has 0 saturated heterocycles. The third-order valence-corrected chi connectivity index (χ3v) is 11.2. The van der Waals surface area contributed by atoms with Gasteiger partial charge in [0.25, 0.3) is 0 Å². The van der Waals surface area contributed by atoms with Crippen LogP contribution in [0.2, 0.25) is 19.6 Å². The summed E-state index contributed by atoms with van der Waals surface area (Å²) in [7, 11) is -1.57. The van der Waals surface area contributed by atoms with Crippen molar-refractivity contribution < 1.29 is 31.4 Å². The predicted octanol–water partition coefficient (Wildman–Crippen LogP) is 11.7. The van der Waals surface area contributed by atoms with Crippen molar-refractivity contribution in [3.8, 4) is 33.6 Å². The van der Waals surface area contributed by atoms with Gasteiger partial charge in [-0.05, 0) is 68.2 Å². The van der Waals surface area contributed by atoms with E-state index in [1.165, 1.54) is 16.3 Å². The van der Waals surface area contributed by atoms with Gasteiger partial charge in [-0.2, -0.15) is 0 Å². The van der Waals surface area contributed by atoms with Crippen molar-refractivity contribution in [2.75, 3.05) is 0 Å². The van der Waals surface area contributed by atoms with E-state index >= 15 is 0 Å². The minimum Gasteiger partial charge on any atom is -0.500 e. The Labute approximate surface area is 338 Å². The zero-order valence-corrected chi connectivity index (χ0v) is 33.4. The summed E-state index contributed by atoms with van der Waals surface area (Å²) in [4.78, 5) is 13.8. The quantitative estimate of drug-likeness (QED) is 0.123. The molecule has 0 amide bonds. The monoisotopic (exact) mass is 899 g/mol. The smallest absolute Gasteiger partial charge is 0.121 e. The van der Waals surface area contributed by atoms with Crippen LogP contribution in [0.3, 0.4) is 0 Å². The molecular weight excluding hydrogens is 855 g/mol. The molecule has 0 aliphatic rings. The summed E-state index contributed by atoms with van der Waals surface area (Å²) in [6.07, 6.45) is 5.04. The molecular formula is C48H39IrN3OSi-2. The number of aromatic nitrogens is 3. The van der Waals surface area contributed by atoms with Crippen molar-refractivity contribution in [3.05, 3.63) is 181 Å². The molecule has 0 N–H and O–H groups in total. The molecule has 0 atom stereocenters. The van der Waals surface area contributed by atoms with Gasteiger partial charge in [-0.3, -0.25) is 0 Å². The Morgan fingerprint density at radius 1 is 0.741 bits per heavy atom. The molecule has 0 aliphatic carbocycles. The van der Waals surface area contributed by atoms with Crippen molar-refractivity contribution in [2.45, 2.75) is 32.9 Å². The summed E-state index contributed by atoms with van der Waals surface area (Å²) in [6, 6.07) is 47.2. The van der Waals surface area contributed by atoms with Crippen LogP contribution in [0.4, 0.5) is 0 Å². The molecule has 4 nitrogen and oxygen atoms in total. The number of pyridine rings is 3. The van der Waals surface area contributed by atoms with Crippen LogP contribution in [-0.2, 0) is 26.5 Å². The fraction of sp³-hybridized carbons (Fsp3) is 0.104. The van der Waals surface area contributed by atoms with E-state index in [-0.39, 0.29) is 25.8 Å². The van der Waals surface area contributed by atoms with Crippen LogP contribution >= 0.6 is 0 Å². The first kappa shape index (κ1) is 30.9. The number of hydrogen-bond donors (Lipinski definition) is 0. The summed E-state index contributed by atoms with van der Waals surface area (Å²) in [5, 5.41) is 4.88. The molecule has 54 heavy (non-hydrogen) atoms. The van der Waals surface area contributed by atoms with E-state index in [9.17, 15) is 0 Å². The van der Waals surface area contributed by atoms with Crippen LogP contribution in [0.25, 0.3) is 66.4 Å². The van der Waals surface area contributed by atoms with E-state index in [4.69, 9.17) is 11.3 Å². The standard InChI is InChI=1S/C27H17N2O.C21H22NSi.Ir/c1-2-8-18(9-3-1)14-24-26-21-12-6-7-13-25(21)30-27(26)22(17-29-24)23-15-19-10-4-5-11-20(19)16-28-23;1-16-10-12-18(13-11-16)20-14-19(17-8-6-5-7-9-17)21(15-22-20)23(2,3)4;/h1-13,15-16H,14H2;5-12,14-15H,1-4H3;/q2*-1;/i14D2;1D3;. The molecule has 0 bridgehead atoms. The molecule has 0 spiro atoms. The van der Waals surface area contributed by atoms with E-state index in [1.54, 1.807) is 30.3 Å². The van der Waals surface area contributed by atoms with Gasteiger partial charge in [0.2, 0.25) is 0 Å². The van der Waals surface area contributed by atoms with Gasteiger partial charge in [-0.15, -0.1) is 35.4 Å². The summed E-state index contributed by atoms with van der Waals surface area (Å²) in [5.74, 6) is 0. The largest absolute Gasteiger partial charge is 0.500 e. The SMILES string of the molecule is [2H]C([2H])([2H])c1c[c-]c(-c2cc(-c3ccccc3)c([Si](C)(C)C)cn2)cc1.[2H]C([2H])(c1ccccc1)c1n[c-]c(-c2cc3ccccc3cn2)c2oc3ccccc3c12.[Ir]. The van der Waals surface area contributed by atoms with Gasteiger partial charge in [0.05, 0.1) is 13.7 Å². The first-order valence-electron chi connectivity index (χ1n) is 20.0. The molecule has 4 aromatic heterocycles. The molecule has 5 aromatic carbocycles. The van der Waals surface area contributed by atoms with E-state index in [0.29, 0.717) is 38.9 Å². The van der Waals surface area contributed by atoms with E-state index in [1.807, 2.05) is 103 Å². The van der Waals surface area contributed by atoms with Gasteiger partial charge in [-0.25, -0.2) is 0 Å². The average molecular weight is 899 g/mol. The molecule has 9 aromatic rings. The maximum atomic E-state index is 8.91. The summed E-state index contributed by atoms with van der Waals surface area (Å²) < 4.78 is 46.6. The Hall–Kier alpha value is -5.52. The van der Waals surface area contributed by atoms with Crippen molar-refractivity contribution in [2.24, 2.45) is 0 Å². The van der Waals surface area contributed by atoms with Gasteiger partial charge in [-0.1, -0.05) is 153 Å². The van der Waals surface area contributed by atoms with Gasteiger partial charge in [0, 0.05) is 44.7 Å². The maximum Gasteiger partial charge on any atom is 0.121 e. The second-order valence-corrected chi connectivity index (χ2v) is 18.9. The first-order chi connectivity index (χ1) is 27.8. The summed E-state index contributed by atoms with van der Waals surface area (Å²) in [5.41, 5.74) is 7.62. The first-order valence-corrected chi connectivity index (χ1v) is 21.0. The van der Waals surface area contributed by atoms with E-state index < -0.39 is 21.3 Å². The van der Waals surface area contributed by atoms with Crippen LogP contribution in [0.15, 0.2) is 156 Å². The molecule has 1 radical (unpaired) electrons. The minimum absolute atomic E-state index is 0. The van der Waals surface area contributed by atoms with Crippen LogP contribution in [0.1, 0.15) is 23.7 Å². The number of nitrogens with zero attached hydrogens (tertiary/aromatic N) is 3. The number of aryl methyl sites for hydroxylation is 1. The van der Waals surface area contributed by atoms with Gasteiger partial charge in [0.15, 0.2) is 0 Å². The fourth-order valence-corrected chi connectivity index (χ4v) is 7.94. The number of rotatable bonds is 6. The Morgan fingerprint density at radius 2 is 1.44 bits per heavy atom. The van der Waals surface area contributed by atoms with E-state index in [0.717, 1.165) is 27.4 Å². The molecule has 0 aliphatic heterocycles. The molecule has 9 rings (SSSR count). The number of para-hydroxylation sites is 1. The second kappa shape index (κ2) is 15.8. The van der Waals surface area contributed by atoms with Gasteiger partial charge in [0.1, 0.15) is 5.58 Å². The van der Waals surface area contributed by atoms with Crippen LogP contribution in [0, 0.1) is 19.1 Å². The third-order valence-electron chi connectivity index (χ3n) is 9.15. The number of hydrogen-bond acceptors (Lipinski definition) is 4. The zero-order valence-electron chi connectivity index (χ0n) is 35.0. The van der Waals surface area contributed by atoms with Gasteiger partial charge < -0.3 is 19.4 Å². The van der Waals surface area contributed by atoms with Crippen LogP contribution in [-0.4, -0.2) is 23.0 Å². The normalized spacial score (nSPS) is 13.1. The molecule has 267 valence electrons. The molecule has 4 heterocycles. The topological polar surface area (TPSA) is 51.8 Å². The molecule has 0 unspecified atom stereocenters. The number of fused-ring (bicyclic) bond motifs is 4. The van der Waals surface area contributed by atoms with Crippen molar-refractivity contribution in [3.63, 3.8) is 0 Å². The van der Waals surface area contributed by atoms with Crippen molar-refractivity contribution in [1.82, 2.24) is 15.0 Å². The summed E-state index contributed by atoms with van der Waals surface area (Å²) >= 11 is 0. The zero-order chi connectivity index (χ0) is 40.7. The van der Waals surface area contributed by atoms with Crippen molar-refractivity contribution in [1.29, 1.82) is 0 Å². The number of benzene rings is 5. The Balaban J connectivity index is 0.000000180. The van der Waals surface area contributed by atoms with Crippen LogP contribution < -0.4 is 5.19 Å². The molecule has 0 saturated carbocycles. The number of furan rings is 1. The maximum absolute atomic E-state index is 8.91. The fourth-order valence-electron chi connectivity index (χ4n) is 6.46. The van der Waals surface area contributed by atoms with Crippen molar-refractivity contribution >= 4 is 46.0 Å². The molecule has 0 fully saturated rings. The van der Waals surface area contributed by atoms with E-state index in [2.05, 4.69) is 65.1 Å². The Morgan fingerprint density at radius 3 is 2.19 bits per heavy atom. The Bertz CT molecular complexity index is 2900. The van der Waals surface area contributed by atoms with Crippen LogP contribution in [0.5, 0.6) is 0 Å².